The molecule has 1 atom stereocenters. The van der Waals surface area contributed by atoms with E-state index in [1.807, 2.05) is 6.07 Å². The van der Waals surface area contributed by atoms with Gasteiger partial charge < -0.3 is 16.8 Å². The monoisotopic (exact) mass is 217 g/mol. The molecule has 1 aromatic rings. The van der Waals surface area contributed by atoms with Gasteiger partial charge in [0.1, 0.15) is 0 Å². The highest BCUT2D eigenvalue weighted by molar-refractivity contribution is 5.51. The second-order valence-electron chi connectivity index (χ2n) is 5.13. The SMILES string of the molecule is Nc1ccc2c(c1)CC(N)C21CCNCC1. The minimum Gasteiger partial charge on any atom is -0.399 e. The number of rotatable bonds is 0. The van der Waals surface area contributed by atoms with Crippen LogP contribution in [0.15, 0.2) is 18.2 Å². The smallest absolute Gasteiger partial charge is 0.0316 e. The Labute approximate surface area is 96.2 Å². The lowest BCUT2D eigenvalue weighted by Gasteiger charge is -2.38. The fourth-order valence-corrected chi connectivity index (χ4v) is 3.41. The highest BCUT2D eigenvalue weighted by atomic mass is 14.9. The first-order valence-corrected chi connectivity index (χ1v) is 6.07. The van der Waals surface area contributed by atoms with E-state index >= 15 is 0 Å². The second-order valence-corrected chi connectivity index (χ2v) is 5.13. The third kappa shape index (κ3) is 1.28. The molecule has 0 radical (unpaired) electrons. The summed E-state index contributed by atoms with van der Waals surface area (Å²) in [5.41, 5.74) is 16.1. The lowest BCUT2D eigenvalue weighted by Crippen LogP contribution is -2.49. The van der Waals surface area contributed by atoms with E-state index in [0.717, 1.165) is 38.0 Å². The zero-order valence-electron chi connectivity index (χ0n) is 9.50. The molecular formula is C13H19N3. The van der Waals surface area contributed by atoms with E-state index in [1.54, 1.807) is 0 Å². The van der Waals surface area contributed by atoms with E-state index in [-0.39, 0.29) is 11.5 Å². The summed E-state index contributed by atoms with van der Waals surface area (Å²) in [5, 5.41) is 3.42. The van der Waals surface area contributed by atoms with Crippen LogP contribution >= 0.6 is 0 Å². The van der Waals surface area contributed by atoms with E-state index < -0.39 is 0 Å². The van der Waals surface area contributed by atoms with E-state index in [0.29, 0.717) is 0 Å². The van der Waals surface area contributed by atoms with Crippen LogP contribution in [0, 0.1) is 0 Å². The molecule has 1 saturated heterocycles. The average Bonchev–Trinajstić information content (AvgIpc) is 2.53. The van der Waals surface area contributed by atoms with Crippen LogP contribution in [-0.4, -0.2) is 19.1 Å². The van der Waals surface area contributed by atoms with Crippen LogP contribution in [0.3, 0.4) is 0 Å². The Hall–Kier alpha value is -1.06. The van der Waals surface area contributed by atoms with Crippen LogP contribution in [-0.2, 0) is 11.8 Å². The number of nitrogens with one attached hydrogen (secondary N) is 1. The predicted molar refractivity (Wildman–Crippen MR) is 66.3 cm³/mol. The van der Waals surface area contributed by atoms with Crippen LogP contribution in [0.25, 0.3) is 0 Å². The quantitative estimate of drug-likeness (QED) is 0.563. The van der Waals surface area contributed by atoms with Crippen molar-refractivity contribution in [1.29, 1.82) is 0 Å². The number of hydrogen-bond acceptors (Lipinski definition) is 3. The third-order valence-corrected chi connectivity index (χ3v) is 4.31. The Morgan fingerprint density at radius 2 is 2.00 bits per heavy atom. The molecule has 1 spiro atoms. The van der Waals surface area contributed by atoms with Gasteiger partial charge in [-0.2, -0.15) is 0 Å². The molecule has 3 rings (SSSR count). The summed E-state index contributed by atoms with van der Waals surface area (Å²) in [6, 6.07) is 6.58. The van der Waals surface area contributed by atoms with Crippen molar-refractivity contribution in [3.05, 3.63) is 29.3 Å². The molecule has 16 heavy (non-hydrogen) atoms. The molecule has 3 nitrogen and oxygen atoms in total. The van der Waals surface area contributed by atoms with Crippen LogP contribution in [0.2, 0.25) is 0 Å². The van der Waals surface area contributed by atoms with Crippen molar-refractivity contribution in [2.45, 2.75) is 30.7 Å². The van der Waals surface area contributed by atoms with E-state index in [1.165, 1.54) is 11.1 Å². The van der Waals surface area contributed by atoms with E-state index in [9.17, 15) is 0 Å². The van der Waals surface area contributed by atoms with Crippen LogP contribution in [0.4, 0.5) is 5.69 Å². The fourth-order valence-electron chi connectivity index (χ4n) is 3.41. The van der Waals surface area contributed by atoms with Crippen molar-refractivity contribution in [3.8, 4) is 0 Å². The molecule has 0 amide bonds. The number of anilines is 1. The van der Waals surface area contributed by atoms with Crippen molar-refractivity contribution in [2.24, 2.45) is 5.73 Å². The summed E-state index contributed by atoms with van der Waals surface area (Å²) in [5.74, 6) is 0. The van der Waals surface area contributed by atoms with Crippen LogP contribution in [0.1, 0.15) is 24.0 Å². The second kappa shape index (κ2) is 3.47. The van der Waals surface area contributed by atoms with Gasteiger partial charge in [-0.25, -0.2) is 0 Å². The summed E-state index contributed by atoms with van der Waals surface area (Å²) >= 11 is 0. The first kappa shape index (κ1) is 10.1. The maximum Gasteiger partial charge on any atom is 0.0316 e. The Morgan fingerprint density at radius 3 is 2.75 bits per heavy atom. The lowest BCUT2D eigenvalue weighted by molar-refractivity contribution is 0.273. The molecule has 3 heteroatoms. The molecule has 0 saturated carbocycles. The fraction of sp³-hybridized carbons (Fsp3) is 0.538. The van der Waals surface area contributed by atoms with Crippen molar-refractivity contribution in [2.75, 3.05) is 18.8 Å². The Bertz CT molecular complexity index is 408. The van der Waals surface area contributed by atoms with Gasteiger partial charge in [-0.3, -0.25) is 0 Å². The molecule has 0 bridgehead atoms. The summed E-state index contributed by atoms with van der Waals surface area (Å²) in [6.45, 7) is 2.16. The first-order valence-electron chi connectivity index (χ1n) is 6.07. The van der Waals surface area contributed by atoms with E-state index in [2.05, 4.69) is 17.4 Å². The molecule has 0 aromatic heterocycles. The Morgan fingerprint density at radius 1 is 1.25 bits per heavy atom. The van der Waals surface area contributed by atoms with Gasteiger partial charge in [-0.1, -0.05) is 6.07 Å². The molecule has 1 heterocycles. The minimum atomic E-state index is 0.217. The van der Waals surface area contributed by atoms with Gasteiger partial charge in [0.05, 0.1) is 0 Å². The molecule has 1 aromatic carbocycles. The van der Waals surface area contributed by atoms with Crippen LogP contribution < -0.4 is 16.8 Å². The average molecular weight is 217 g/mol. The molecule has 2 aliphatic rings. The number of piperidine rings is 1. The minimum absolute atomic E-state index is 0.217. The van der Waals surface area contributed by atoms with Gasteiger partial charge in [0, 0.05) is 17.1 Å². The lowest BCUT2D eigenvalue weighted by atomic mass is 9.72. The molecular weight excluding hydrogens is 198 g/mol. The number of nitrogen functional groups attached to an aromatic ring is 1. The van der Waals surface area contributed by atoms with Gasteiger partial charge in [0.2, 0.25) is 0 Å². The Balaban J connectivity index is 2.07. The summed E-state index contributed by atoms with van der Waals surface area (Å²) in [4.78, 5) is 0. The standard InChI is InChI=1S/C13H19N3/c14-10-1-2-11-9(7-10)8-12(15)13(11)3-5-16-6-4-13/h1-2,7,12,16H,3-6,8,14-15H2. The number of nitrogens with two attached hydrogens (primary N) is 2. The van der Waals surface area contributed by atoms with Gasteiger partial charge >= 0.3 is 0 Å². The van der Waals surface area contributed by atoms with Crippen molar-refractivity contribution < 1.29 is 0 Å². The zero-order chi connectivity index (χ0) is 11.2. The number of hydrogen-bond donors (Lipinski definition) is 3. The molecule has 86 valence electrons. The normalized spacial score (nSPS) is 26.9. The number of fused-ring (bicyclic) bond motifs is 2. The molecule has 1 fully saturated rings. The predicted octanol–water partition coefficient (Wildman–Crippen LogP) is 0.773. The van der Waals surface area contributed by atoms with Crippen LogP contribution in [0.5, 0.6) is 0 Å². The maximum atomic E-state index is 6.38. The van der Waals surface area contributed by atoms with Gasteiger partial charge in [0.25, 0.3) is 0 Å². The largest absolute Gasteiger partial charge is 0.399 e. The highest BCUT2D eigenvalue weighted by Gasteiger charge is 2.45. The first-order chi connectivity index (χ1) is 7.72. The van der Waals surface area contributed by atoms with Crippen molar-refractivity contribution >= 4 is 5.69 Å². The van der Waals surface area contributed by atoms with Gasteiger partial charge in [-0.05, 0) is 55.6 Å². The highest BCUT2D eigenvalue weighted by Crippen LogP contribution is 2.44. The topological polar surface area (TPSA) is 64.1 Å². The molecule has 1 unspecified atom stereocenters. The summed E-state index contributed by atoms with van der Waals surface area (Å²) < 4.78 is 0. The summed E-state index contributed by atoms with van der Waals surface area (Å²) in [6.07, 6.45) is 3.30. The molecule has 5 N–H and O–H groups in total. The summed E-state index contributed by atoms with van der Waals surface area (Å²) in [7, 11) is 0. The van der Waals surface area contributed by atoms with Crippen molar-refractivity contribution in [3.63, 3.8) is 0 Å². The zero-order valence-corrected chi connectivity index (χ0v) is 9.50. The Kier molecular flexibility index (Phi) is 2.19. The maximum absolute atomic E-state index is 6.38. The number of benzene rings is 1. The third-order valence-electron chi connectivity index (χ3n) is 4.31. The van der Waals surface area contributed by atoms with Gasteiger partial charge in [0.15, 0.2) is 0 Å². The van der Waals surface area contributed by atoms with Crippen molar-refractivity contribution in [1.82, 2.24) is 5.32 Å². The molecule has 1 aliphatic heterocycles. The van der Waals surface area contributed by atoms with Gasteiger partial charge in [-0.15, -0.1) is 0 Å². The molecule has 1 aliphatic carbocycles. The van der Waals surface area contributed by atoms with E-state index in [4.69, 9.17) is 11.5 Å².